The molecular weight excluding hydrogens is 466 g/mol. The summed E-state index contributed by atoms with van der Waals surface area (Å²) in [5.41, 5.74) is 0.484. The lowest BCUT2D eigenvalue weighted by Crippen LogP contribution is -2.29. The van der Waals surface area contributed by atoms with Gasteiger partial charge in [0, 0.05) is 18.2 Å². The first-order valence-electron chi connectivity index (χ1n) is 12.3. The second-order valence-electron chi connectivity index (χ2n) is 10.4. The summed E-state index contributed by atoms with van der Waals surface area (Å²) in [5, 5.41) is 26.8. The molecule has 8 nitrogen and oxygen atoms in total. The predicted octanol–water partition coefficient (Wildman–Crippen LogP) is 5.31. The van der Waals surface area contributed by atoms with Crippen molar-refractivity contribution in [1.29, 1.82) is 0 Å². The second-order valence-corrected chi connectivity index (χ2v) is 10.4. The Morgan fingerprint density at radius 1 is 1.06 bits per heavy atom. The van der Waals surface area contributed by atoms with Crippen molar-refractivity contribution in [3.8, 4) is 0 Å². The number of aliphatic hydroxyl groups excluding tert-OH is 1. The fraction of sp³-hybridized carbons (Fsp3) is 0.577. The highest BCUT2D eigenvalue weighted by Gasteiger charge is 2.37. The monoisotopic (exact) mass is 502 g/mol. The van der Waals surface area contributed by atoms with Gasteiger partial charge in [-0.25, -0.2) is 18.7 Å². The van der Waals surface area contributed by atoms with Crippen LogP contribution in [0.25, 0.3) is 11.2 Å². The van der Waals surface area contributed by atoms with E-state index in [0.717, 1.165) is 51.0 Å². The molecule has 2 fully saturated rings. The van der Waals surface area contributed by atoms with Crippen LogP contribution in [0.15, 0.2) is 24.4 Å². The summed E-state index contributed by atoms with van der Waals surface area (Å²) in [5.74, 6) is -0.372. The van der Waals surface area contributed by atoms with Crippen molar-refractivity contribution in [3.05, 3.63) is 36.0 Å². The van der Waals surface area contributed by atoms with Crippen LogP contribution in [0.3, 0.4) is 0 Å². The maximum absolute atomic E-state index is 14.4. The number of aromatic nitrogens is 4. The third-order valence-electron chi connectivity index (χ3n) is 7.41. The molecule has 10 heteroatoms. The van der Waals surface area contributed by atoms with Gasteiger partial charge in [0.25, 0.3) is 0 Å². The molecule has 36 heavy (non-hydrogen) atoms. The Labute approximate surface area is 210 Å². The zero-order valence-corrected chi connectivity index (χ0v) is 20.0. The number of fused-ring (bicyclic) bond motifs is 1. The van der Waals surface area contributed by atoms with Crippen molar-refractivity contribution in [1.82, 2.24) is 19.5 Å². The fourth-order valence-corrected chi connectivity index (χ4v) is 5.34. The largest absolute Gasteiger partial charge is 0.393 e. The van der Waals surface area contributed by atoms with Crippen LogP contribution in [-0.4, -0.2) is 47.5 Å². The van der Waals surface area contributed by atoms with E-state index in [1.165, 1.54) is 12.1 Å². The van der Waals surface area contributed by atoms with Crippen LogP contribution < -0.4 is 10.6 Å². The van der Waals surface area contributed by atoms with E-state index in [-0.39, 0.29) is 37.2 Å². The molecule has 1 unspecified atom stereocenters. The van der Waals surface area contributed by atoms with Crippen molar-refractivity contribution in [2.24, 2.45) is 5.92 Å². The molecule has 0 aliphatic heterocycles. The highest BCUT2D eigenvalue weighted by Crippen LogP contribution is 2.43. The van der Waals surface area contributed by atoms with Gasteiger partial charge in [0.05, 0.1) is 23.6 Å². The van der Waals surface area contributed by atoms with Crippen LogP contribution in [0.4, 0.5) is 26.4 Å². The van der Waals surface area contributed by atoms with Crippen LogP contribution in [0.5, 0.6) is 0 Å². The minimum atomic E-state index is -0.810. The molecule has 2 aromatic heterocycles. The molecule has 196 valence electrons. The first kappa shape index (κ1) is 26.2. The number of nitrogens with zero attached hydrogens (tertiary/aromatic N) is 4. The number of rotatable bonds is 6. The summed E-state index contributed by atoms with van der Waals surface area (Å²) in [7, 11) is 0. The van der Waals surface area contributed by atoms with Crippen LogP contribution in [0.1, 0.15) is 72.3 Å². The lowest BCUT2D eigenvalue weighted by Gasteiger charge is -2.26. The van der Waals surface area contributed by atoms with Crippen LogP contribution in [-0.2, 0) is 0 Å². The summed E-state index contributed by atoms with van der Waals surface area (Å²) < 4.78 is 29.8. The first-order valence-corrected chi connectivity index (χ1v) is 12.3. The number of hydrogen-bond donors (Lipinski definition) is 4. The maximum atomic E-state index is 14.4. The summed E-state index contributed by atoms with van der Waals surface area (Å²) in [4.78, 5) is 13.9. The number of halogens is 2. The van der Waals surface area contributed by atoms with Crippen molar-refractivity contribution >= 4 is 28.7 Å². The molecular formula is C26H36F2N6O2. The van der Waals surface area contributed by atoms with Crippen LogP contribution in [0, 0.1) is 17.6 Å². The molecule has 2 aliphatic rings. The molecule has 2 aliphatic carbocycles. The summed E-state index contributed by atoms with van der Waals surface area (Å²) in [6.07, 6.45) is 6.96. The van der Waals surface area contributed by atoms with Gasteiger partial charge in [-0.15, -0.1) is 0 Å². The van der Waals surface area contributed by atoms with E-state index in [2.05, 4.69) is 20.6 Å². The van der Waals surface area contributed by atoms with Gasteiger partial charge in [-0.1, -0.05) is 7.43 Å². The fourth-order valence-electron chi connectivity index (χ4n) is 5.34. The van der Waals surface area contributed by atoms with E-state index in [1.54, 1.807) is 6.20 Å². The molecule has 0 bridgehead atoms. The molecule has 0 spiro atoms. The topological polar surface area (TPSA) is 108 Å². The van der Waals surface area contributed by atoms with E-state index in [0.29, 0.717) is 23.1 Å². The standard InChI is InChI=1S/C25H32F2N6O2.CH4/c1-25(2,35)14-3-7-17(11-14)33-22-21(31-24(33)30-20-10-4-15(26)12-19(20)27)13-28-23(32-22)29-16-5-8-18(34)9-6-16;/h4,10,12-14,16-18,34-35H,3,5-9,11H2,1-2H3,(H,30,31)(H,28,29,32);1H4/t14-,16?,17?,18?;/m1./s1. The highest BCUT2D eigenvalue weighted by atomic mass is 19.1. The van der Waals surface area contributed by atoms with Gasteiger partial charge in [-0.05, 0) is 76.8 Å². The zero-order chi connectivity index (χ0) is 24.7. The molecule has 0 saturated heterocycles. The van der Waals surface area contributed by atoms with E-state index in [9.17, 15) is 19.0 Å². The first-order chi connectivity index (χ1) is 16.7. The third-order valence-corrected chi connectivity index (χ3v) is 7.41. The minimum absolute atomic E-state index is 0. The number of aliphatic hydroxyl groups is 2. The molecule has 0 radical (unpaired) electrons. The number of anilines is 3. The average molecular weight is 503 g/mol. The van der Waals surface area contributed by atoms with Crippen molar-refractivity contribution < 1.29 is 19.0 Å². The van der Waals surface area contributed by atoms with Crippen molar-refractivity contribution in [3.63, 3.8) is 0 Å². The van der Waals surface area contributed by atoms with E-state index < -0.39 is 17.2 Å². The number of imidazole rings is 1. The molecule has 2 heterocycles. The third kappa shape index (κ3) is 5.44. The molecule has 2 saturated carbocycles. The molecule has 5 rings (SSSR count). The van der Waals surface area contributed by atoms with Gasteiger partial charge in [-0.2, -0.15) is 4.98 Å². The molecule has 4 N–H and O–H groups in total. The van der Waals surface area contributed by atoms with Gasteiger partial charge in [-0.3, -0.25) is 4.57 Å². The Bertz CT molecular complexity index is 1200. The molecule has 1 aromatic carbocycles. The predicted molar refractivity (Wildman–Crippen MR) is 136 cm³/mol. The van der Waals surface area contributed by atoms with Crippen molar-refractivity contribution in [2.45, 2.75) is 90.0 Å². The van der Waals surface area contributed by atoms with Crippen molar-refractivity contribution in [2.75, 3.05) is 10.6 Å². The normalized spacial score (nSPS) is 24.5. The quantitative estimate of drug-likeness (QED) is 0.362. The lowest BCUT2D eigenvalue weighted by atomic mass is 9.89. The van der Waals surface area contributed by atoms with E-state index in [4.69, 9.17) is 4.98 Å². The Balaban J connectivity index is 0.00000304. The molecule has 0 amide bonds. The summed E-state index contributed by atoms with van der Waals surface area (Å²) in [6.45, 7) is 3.65. The Morgan fingerprint density at radius 2 is 1.81 bits per heavy atom. The number of benzene rings is 1. The van der Waals surface area contributed by atoms with Crippen LogP contribution >= 0.6 is 0 Å². The van der Waals surface area contributed by atoms with Gasteiger partial charge in [0.15, 0.2) is 5.65 Å². The van der Waals surface area contributed by atoms with Gasteiger partial charge < -0.3 is 20.8 Å². The molecule has 3 aromatic rings. The minimum Gasteiger partial charge on any atom is -0.393 e. The average Bonchev–Trinajstić information content (AvgIpc) is 3.41. The highest BCUT2D eigenvalue weighted by molar-refractivity contribution is 5.76. The second kappa shape index (κ2) is 10.3. The van der Waals surface area contributed by atoms with E-state index >= 15 is 0 Å². The lowest BCUT2D eigenvalue weighted by molar-refractivity contribution is 0.0186. The Morgan fingerprint density at radius 3 is 2.47 bits per heavy atom. The number of nitrogens with one attached hydrogen (secondary N) is 2. The van der Waals surface area contributed by atoms with E-state index in [1.807, 2.05) is 18.4 Å². The zero-order valence-electron chi connectivity index (χ0n) is 20.0. The summed E-state index contributed by atoms with van der Waals surface area (Å²) >= 11 is 0. The maximum Gasteiger partial charge on any atom is 0.224 e. The van der Waals surface area contributed by atoms with Crippen LogP contribution in [0.2, 0.25) is 0 Å². The van der Waals surface area contributed by atoms with Gasteiger partial charge in [0.1, 0.15) is 17.2 Å². The smallest absolute Gasteiger partial charge is 0.224 e. The molecule has 2 atom stereocenters. The van der Waals surface area contributed by atoms with Gasteiger partial charge >= 0.3 is 0 Å². The SMILES string of the molecule is C.CC(C)(O)[C@@H]1CCC(n2c(Nc3ccc(F)cc3F)nc3cnc(NC4CCC(O)CC4)nc32)C1. The Kier molecular flexibility index (Phi) is 7.47. The van der Waals surface area contributed by atoms with Gasteiger partial charge in [0.2, 0.25) is 11.9 Å². The summed E-state index contributed by atoms with van der Waals surface area (Å²) in [6, 6.07) is 3.55. The Hall–Kier alpha value is -2.85. The number of hydrogen-bond acceptors (Lipinski definition) is 7.